The molecule has 86 valence electrons. The Bertz CT molecular complexity index is 391. The van der Waals surface area contributed by atoms with E-state index in [1.165, 1.54) is 5.56 Å². The van der Waals surface area contributed by atoms with Gasteiger partial charge in [0.2, 0.25) is 5.91 Å². The van der Waals surface area contributed by atoms with E-state index in [0.29, 0.717) is 13.0 Å². The fraction of sp³-hybridized carbons (Fsp3) is 0.462. The summed E-state index contributed by atoms with van der Waals surface area (Å²) in [5.41, 5.74) is 1.26. The zero-order valence-corrected chi connectivity index (χ0v) is 9.75. The van der Waals surface area contributed by atoms with Gasteiger partial charge in [0.15, 0.2) is 0 Å². The van der Waals surface area contributed by atoms with E-state index < -0.39 is 0 Å². The van der Waals surface area contributed by atoms with Crippen molar-refractivity contribution in [2.75, 3.05) is 13.7 Å². The predicted molar refractivity (Wildman–Crippen MR) is 62.6 cm³/mol. The summed E-state index contributed by atoms with van der Waals surface area (Å²) >= 11 is 0. The molecule has 16 heavy (non-hydrogen) atoms. The Morgan fingerprint density at radius 1 is 1.44 bits per heavy atom. The molecular weight excluding hydrogens is 202 g/mol. The second-order valence-electron chi connectivity index (χ2n) is 4.57. The zero-order valence-electron chi connectivity index (χ0n) is 9.75. The Hall–Kier alpha value is -1.51. The van der Waals surface area contributed by atoms with Gasteiger partial charge < -0.3 is 10.1 Å². The lowest BCUT2D eigenvalue weighted by Gasteiger charge is -2.34. The molecule has 1 atom stereocenters. The number of hydrogen-bond acceptors (Lipinski definition) is 2. The SMILES string of the molecule is COc1cccc(C2(C)CCC(=O)NC2)c1. The Labute approximate surface area is 95.8 Å². The van der Waals surface area contributed by atoms with Crippen LogP contribution in [0.4, 0.5) is 0 Å². The standard InChI is InChI=1S/C13H17NO2/c1-13(7-6-12(15)14-9-13)10-4-3-5-11(8-10)16-2/h3-5,8H,6-7,9H2,1-2H3,(H,14,15). The molecule has 1 aliphatic heterocycles. The van der Waals surface area contributed by atoms with Gasteiger partial charge in [0.1, 0.15) is 5.75 Å². The first-order chi connectivity index (χ1) is 7.64. The lowest BCUT2D eigenvalue weighted by Crippen LogP contribution is -2.44. The number of rotatable bonds is 2. The molecule has 1 N–H and O–H groups in total. The Morgan fingerprint density at radius 2 is 2.25 bits per heavy atom. The molecule has 0 radical (unpaired) electrons. The minimum Gasteiger partial charge on any atom is -0.497 e. The van der Waals surface area contributed by atoms with Gasteiger partial charge in [0.25, 0.3) is 0 Å². The van der Waals surface area contributed by atoms with Crippen molar-refractivity contribution in [1.82, 2.24) is 5.32 Å². The quantitative estimate of drug-likeness (QED) is 0.824. The number of piperidine rings is 1. The van der Waals surface area contributed by atoms with Crippen molar-refractivity contribution in [3.63, 3.8) is 0 Å². The zero-order chi connectivity index (χ0) is 11.6. The molecule has 1 aromatic rings. The third-order valence-electron chi connectivity index (χ3n) is 3.35. The molecule has 1 aromatic carbocycles. The van der Waals surface area contributed by atoms with Crippen LogP contribution < -0.4 is 10.1 Å². The fourth-order valence-corrected chi connectivity index (χ4v) is 2.10. The van der Waals surface area contributed by atoms with Crippen LogP contribution in [0.15, 0.2) is 24.3 Å². The summed E-state index contributed by atoms with van der Waals surface area (Å²) in [5, 5.41) is 2.93. The Kier molecular flexibility index (Phi) is 2.86. The van der Waals surface area contributed by atoms with E-state index in [-0.39, 0.29) is 11.3 Å². The topological polar surface area (TPSA) is 38.3 Å². The first kappa shape index (κ1) is 11.0. The van der Waals surface area contributed by atoms with Crippen LogP contribution in [-0.2, 0) is 10.2 Å². The maximum Gasteiger partial charge on any atom is 0.220 e. The molecule has 0 aromatic heterocycles. The monoisotopic (exact) mass is 219 g/mol. The van der Waals surface area contributed by atoms with Gasteiger partial charge in [-0.2, -0.15) is 0 Å². The van der Waals surface area contributed by atoms with Crippen molar-refractivity contribution < 1.29 is 9.53 Å². The van der Waals surface area contributed by atoms with Crippen molar-refractivity contribution in [1.29, 1.82) is 0 Å². The van der Waals surface area contributed by atoms with Crippen LogP contribution >= 0.6 is 0 Å². The van der Waals surface area contributed by atoms with E-state index in [4.69, 9.17) is 4.74 Å². The van der Waals surface area contributed by atoms with Gasteiger partial charge in [-0.1, -0.05) is 19.1 Å². The van der Waals surface area contributed by atoms with Crippen LogP contribution in [0.3, 0.4) is 0 Å². The number of hydrogen-bond donors (Lipinski definition) is 1. The highest BCUT2D eigenvalue weighted by atomic mass is 16.5. The third kappa shape index (κ3) is 2.03. The highest BCUT2D eigenvalue weighted by Crippen LogP contribution is 2.32. The lowest BCUT2D eigenvalue weighted by molar-refractivity contribution is -0.123. The molecule has 3 heteroatoms. The Balaban J connectivity index is 2.25. The first-order valence-corrected chi connectivity index (χ1v) is 5.55. The highest BCUT2D eigenvalue weighted by molar-refractivity contribution is 5.77. The summed E-state index contributed by atoms with van der Waals surface area (Å²) in [4.78, 5) is 11.2. The summed E-state index contributed by atoms with van der Waals surface area (Å²) in [7, 11) is 1.67. The van der Waals surface area contributed by atoms with E-state index in [1.807, 2.05) is 12.1 Å². The van der Waals surface area contributed by atoms with Gasteiger partial charge in [-0.3, -0.25) is 4.79 Å². The average molecular weight is 219 g/mol. The number of benzene rings is 1. The Morgan fingerprint density at radius 3 is 2.88 bits per heavy atom. The van der Waals surface area contributed by atoms with E-state index in [9.17, 15) is 4.79 Å². The fourth-order valence-electron chi connectivity index (χ4n) is 2.10. The first-order valence-electron chi connectivity index (χ1n) is 5.55. The summed E-state index contributed by atoms with van der Waals surface area (Å²) in [6.45, 7) is 2.89. The molecule has 1 fully saturated rings. The summed E-state index contributed by atoms with van der Waals surface area (Å²) < 4.78 is 5.22. The van der Waals surface area contributed by atoms with Crippen LogP contribution in [0.2, 0.25) is 0 Å². The van der Waals surface area contributed by atoms with Gasteiger partial charge >= 0.3 is 0 Å². The number of carbonyl (C=O) groups excluding carboxylic acids is 1. The molecule has 1 amide bonds. The normalized spacial score (nSPS) is 25.0. The minimum absolute atomic E-state index is 0.0302. The second-order valence-corrected chi connectivity index (χ2v) is 4.57. The van der Waals surface area contributed by atoms with Crippen LogP contribution in [0.5, 0.6) is 5.75 Å². The molecule has 0 bridgehead atoms. The molecule has 1 heterocycles. The van der Waals surface area contributed by atoms with Crippen LogP contribution in [0.25, 0.3) is 0 Å². The van der Waals surface area contributed by atoms with Crippen molar-refractivity contribution in [2.24, 2.45) is 0 Å². The van der Waals surface area contributed by atoms with Crippen molar-refractivity contribution in [3.05, 3.63) is 29.8 Å². The summed E-state index contributed by atoms with van der Waals surface area (Å²) in [6, 6.07) is 8.08. The van der Waals surface area contributed by atoms with Gasteiger partial charge in [0, 0.05) is 18.4 Å². The van der Waals surface area contributed by atoms with Crippen LogP contribution in [-0.4, -0.2) is 19.6 Å². The number of carbonyl (C=O) groups is 1. The van der Waals surface area contributed by atoms with Crippen molar-refractivity contribution in [2.45, 2.75) is 25.2 Å². The summed E-state index contributed by atoms with van der Waals surface area (Å²) in [5.74, 6) is 1.02. The van der Waals surface area contributed by atoms with E-state index in [0.717, 1.165) is 12.2 Å². The second kappa shape index (κ2) is 4.16. The molecule has 3 nitrogen and oxygen atoms in total. The van der Waals surface area contributed by atoms with E-state index in [1.54, 1.807) is 7.11 Å². The molecule has 1 saturated heterocycles. The molecule has 0 spiro atoms. The van der Waals surface area contributed by atoms with E-state index in [2.05, 4.69) is 24.4 Å². The van der Waals surface area contributed by atoms with Crippen molar-refractivity contribution >= 4 is 5.91 Å². The van der Waals surface area contributed by atoms with Gasteiger partial charge in [-0.25, -0.2) is 0 Å². The van der Waals surface area contributed by atoms with Gasteiger partial charge in [0.05, 0.1) is 7.11 Å². The lowest BCUT2D eigenvalue weighted by atomic mass is 9.76. The third-order valence-corrected chi connectivity index (χ3v) is 3.35. The van der Waals surface area contributed by atoms with Crippen molar-refractivity contribution in [3.8, 4) is 5.75 Å². The van der Waals surface area contributed by atoms with Crippen LogP contribution in [0.1, 0.15) is 25.3 Å². The molecule has 1 unspecified atom stereocenters. The molecular formula is C13H17NO2. The number of ether oxygens (including phenoxy) is 1. The molecule has 0 aliphatic carbocycles. The predicted octanol–water partition coefficient (Wildman–Crippen LogP) is 1.86. The minimum atomic E-state index is 0.0302. The molecule has 0 saturated carbocycles. The smallest absolute Gasteiger partial charge is 0.220 e. The highest BCUT2D eigenvalue weighted by Gasteiger charge is 2.31. The van der Waals surface area contributed by atoms with Crippen LogP contribution in [0, 0.1) is 0 Å². The van der Waals surface area contributed by atoms with Gasteiger partial charge in [-0.05, 0) is 24.1 Å². The number of nitrogens with one attached hydrogen (secondary N) is 1. The summed E-state index contributed by atoms with van der Waals surface area (Å²) in [6.07, 6.45) is 1.50. The van der Waals surface area contributed by atoms with E-state index >= 15 is 0 Å². The largest absolute Gasteiger partial charge is 0.497 e. The number of amides is 1. The number of methoxy groups -OCH3 is 1. The average Bonchev–Trinajstić information content (AvgIpc) is 2.33. The molecule has 1 aliphatic rings. The maximum atomic E-state index is 11.2. The maximum absolute atomic E-state index is 11.2. The van der Waals surface area contributed by atoms with Gasteiger partial charge in [-0.15, -0.1) is 0 Å². The molecule has 2 rings (SSSR count).